The summed E-state index contributed by atoms with van der Waals surface area (Å²) in [7, 11) is 1.52. The lowest BCUT2D eigenvalue weighted by molar-refractivity contribution is -0.111. The summed E-state index contributed by atoms with van der Waals surface area (Å²) in [6.07, 6.45) is 3.14. The molecule has 0 aliphatic carbocycles. The molecule has 0 saturated carbocycles. The van der Waals surface area contributed by atoms with Crippen LogP contribution in [0, 0.1) is 11.3 Å². The molecule has 5 nitrogen and oxygen atoms in total. The summed E-state index contributed by atoms with van der Waals surface area (Å²) < 4.78 is 10.6. The fraction of sp³-hybridized carbons (Fsp3) is 0.0833. The van der Waals surface area contributed by atoms with E-state index in [1.165, 1.54) is 13.2 Å². The minimum atomic E-state index is -0.235. The Kier molecular flexibility index (Phi) is 6.64. The van der Waals surface area contributed by atoms with Crippen LogP contribution in [0.2, 0.25) is 0 Å². The first-order valence-electron chi connectivity index (χ1n) is 9.02. The predicted octanol–water partition coefficient (Wildman–Crippen LogP) is 4.92. The number of benzene rings is 3. The molecule has 3 rings (SSSR count). The average Bonchev–Trinajstić information content (AvgIpc) is 2.77. The maximum absolute atomic E-state index is 12.2. The smallest absolute Gasteiger partial charge is 0.248 e. The van der Waals surface area contributed by atoms with Crippen molar-refractivity contribution in [3.05, 3.63) is 84.4 Å². The Morgan fingerprint density at radius 2 is 1.72 bits per heavy atom. The second-order valence-electron chi connectivity index (χ2n) is 6.12. The highest BCUT2D eigenvalue weighted by molar-refractivity contribution is 6.02. The maximum atomic E-state index is 12.2. The second kappa shape index (κ2) is 9.77. The molecule has 0 heterocycles. The predicted molar refractivity (Wildman–Crippen MR) is 114 cm³/mol. The molecule has 0 saturated heterocycles. The fourth-order valence-electron chi connectivity index (χ4n) is 2.75. The second-order valence-corrected chi connectivity index (χ2v) is 6.12. The molecule has 3 aromatic rings. The first-order valence-corrected chi connectivity index (χ1v) is 9.02. The molecule has 144 valence electrons. The van der Waals surface area contributed by atoms with E-state index in [4.69, 9.17) is 14.7 Å². The van der Waals surface area contributed by atoms with Crippen LogP contribution in [-0.2, 0) is 4.79 Å². The Morgan fingerprint density at radius 3 is 2.41 bits per heavy atom. The van der Waals surface area contributed by atoms with Crippen LogP contribution < -0.4 is 14.8 Å². The minimum Gasteiger partial charge on any atom is -0.493 e. The van der Waals surface area contributed by atoms with Crippen molar-refractivity contribution in [2.45, 2.75) is 0 Å². The largest absolute Gasteiger partial charge is 0.493 e. The van der Waals surface area contributed by atoms with Gasteiger partial charge in [0.25, 0.3) is 0 Å². The number of hydrogen-bond donors (Lipinski definition) is 1. The van der Waals surface area contributed by atoms with Crippen LogP contribution in [0.5, 0.6) is 11.5 Å². The van der Waals surface area contributed by atoms with Crippen molar-refractivity contribution in [1.29, 1.82) is 5.26 Å². The molecule has 0 bridgehead atoms. The normalized spacial score (nSPS) is 10.3. The highest BCUT2D eigenvalue weighted by Crippen LogP contribution is 2.28. The maximum Gasteiger partial charge on any atom is 0.248 e. The van der Waals surface area contributed by atoms with Gasteiger partial charge in [-0.3, -0.25) is 4.79 Å². The van der Waals surface area contributed by atoms with E-state index in [0.29, 0.717) is 11.5 Å². The molecule has 0 radical (unpaired) electrons. The van der Waals surface area contributed by atoms with Crippen molar-refractivity contribution >= 4 is 17.7 Å². The number of carbonyl (C=O) groups excluding carboxylic acids is 1. The van der Waals surface area contributed by atoms with E-state index in [2.05, 4.69) is 5.32 Å². The number of ether oxygens (including phenoxy) is 2. The molecule has 1 N–H and O–H groups in total. The van der Waals surface area contributed by atoms with Gasteiger partial charge in [-0.2, -0.15) is 5.26 Å². The van der Waals surface area contributed by atoms with Crippen molar-refractivity contribution < 1.29 is 14.3 Å². The molecule has 0 spiro atoms. The molecule has 1 amide bonds. The number of rotatable bonds is 7. The molecule has 3 aromatic carbocycles. The van der Waals surface area contributed by atoms with E-state index >= 15 is 0 Å². The number of carbonyl (C=O) groups is 1. The summed E-state index contributed by atoms with van der Waals surface area (Å²) in [5.74, 6) is 0.745. The number of hydrogen-bond acceptors (Lipinski definition) is 4. The molecule has 0 fully saturated rings. The van der Waals surface area contributed by atoms with Gasteiger partial charge in [-0.15, -0.1) is 0 Å². The van der Waals surface area contributed by atoms with Gasteiger partial charge < -0.3 is 14.8 Å². The van der Waals surface area contributed by atoms with Gasteiger partial charge in [-0.25, -0.2) is 0 Å². The van der Waals surface area contributed by atoms with Crippen LogP contribution in [0.1, 0.15) is 5.56 Å². The zero-order valence-electron chi connectivity index (χ0n) is 16.0. The summed E-state index contributed by atoms with van der Waals surface area (Å²) in [6, 6.07) is 24.9. The van der Waals surface area contributed by atoms with Gasteiger partial charge in [-0.05, 0) is 47.0 Å². The first kappa shape index (κ1) is 19.7. The van der Waals surface area contributed by atoms with Crippen LogP contribution >= 0.6 is 0 Å². The number of nitrogens with one attached hydrogen (secondary N) is 1. The van der Waals surface area contributed by atoms with Crippen molar-refractivity contribution in [2.75, 3.05) is 19.0 Å². The molecular weight excluding hydrogens is 364 g/mol. The van der Waals surface area contributed by atoms with Gasteiger partial charge in [0.1, 0.15) is 6.07 Å². The molecule has 0 unspecified atom stereocenters. The molecule has 0 aromatic heterocycles. The molecule has 5 heteroatoms. The highest BCUT2D eigenvalue weighted by Gasteiger charge is 2.05. The first-order chi connectivity index (χ1) is 14.2. The van der Waals surface area contributed by atoms with E-state index in [9.17, 15) is 4.79 Å². The Hall–Kier alpha value is -4.04. The van der Waals surface area contributed by atoms with E-state index in [1.54, 1.807) is 24.3 Å². The van der Waals surface area contributed by atoms with Crippen LogP contribution in [0.25, 0.3) is 17.2 Å². The standard InChI is InChI=1S/C24H20N2O3/c1-28-23-17-18(7-13-22(23)29-16-15-25)8-14-24(27)26-21-11-9-20(10-12-21)19-5-3-2-4-6-19/h2-14,17H,16H2,1H3,(H,26,27). The van der Waals surface area contributed by atoms with Gasteiger partial charge in [0.15, 0.2) is 18.1 Å². The van der Waals surface area contributed by atoms with Gasteiger partial charge in [0, 0.05) is 11.8 Å². The van der Waals surface area contributed by atoms with Gasteiger partial charge >= 0.3 is 0 Å². The topological polar surface area (TPSA) is 71.3 Å². The third-order valence-corrected chi connectivity index (χ3v) is 4.17. The summed E-state index contributed by atoms with van der Waals surface area (Å²) in [6.45, 7) is -0.0585. The fourth-order valence-corrected chi connectivity index (χ4v) is 2.75. The quantitative estimate of drug-likeness (QED) is 0.587. The van der Waals surface area contributed by atoms with Gasteiger partial charge in [0.05, 0.1) is 7.11 Å². The average molecular weight is 384 g/mol. The van der Waals surface area contributed by atoms with Crippen LogP contribution in [0.4, 0.5) is 5.69 Å². The zero-order chi connectivity index (χ0) is 20.5. The number of methoxy groups -OCH3 is 1. The third-order valence-electron chi connectivity index (χ3n) is 4.17. The number of nitrogens with zero attached hydrogens (tertiary/aromatic N) is 1. The third kappa shape index (κ3) is 5.47. The number of anilines is 1. The molecule has 29 heavy (non-hydrogen) atoms. The summed E-state index contributed by atoms with van der Waals surface area (Å²) in [5.41, 5.74) is 3.71. The molecule has 0 atom stereocenters. The molecule has 0 aliphatic rings. The SMILES string of the molecule is COc1cc(C=CC(=O)Nc2ccc(-c3ccccc3)cc2)ccc1OCC#N. The summed E-state index contributed by atoms with van der Waals surface area (Å²) in [4.78, 5) is 12.2. The Morgan fingerprint density at radius 1 is 1.00 bits per heavy atom. The van der Waals surface area contributed by atoms with E-state index in [1.807, 2.05) is 60.7 Å². The lowest BCUT2D eigenvalue weighted by atomic mass is 10.1. The minimum absolute atomic E-state index is 0.0585. The monoisotopic (exact) mass is 384 g/mol. The summed E-state index contributed by atoms with van der Waals surface area (Å²) in [5, 5.41) is 11.5. The van der Waals surface area contributed by atoms with E-state index in [-0.39, 0.29) is 12.5 Å². The summed E-state index contributed by atoms with van der Waals surface area (Å²) >= 11 is 0. The van der Waals surface area contributed by atoms with Crippen molar-refractivity contribution in [3.63, 3.8) is 0 Å². The lowest BCUT2D eigenvalue weighted by Gasteiger charge is -2.09. The van der Waals surface area contributed by atoms with Crippen LogP contribution in [0.3, 0.4) is 0 Å². The van der Waals surface area contributed by atoms with E-state index < -0.39 is 0 Å². The van der Waals surface area contributed by atoms with Crippen LogP contribution in [-0.4, -0.2) is 19.6 Å². The van der Waals surface area contributed by atoms with Gasteiger partial charge in [-0.1, -0.05) is 48.5 Å². The zero-order valence-corrected chi connectivity index (χ0v) is 16.0. The lowest BCUT2D eigenvalue weighted by Crippen LogP contribution is -2.07. The van der Waals surface area contributed by atoms with E-state index in [0.717, 1.165) is 22.4 Å². The Labute approximate surface area is 169 Å². The number of amides is 1. The highest BCUT2D eigenvalue weighted by atomic mass is 16.5. The molecule has 0 aliphatic heterocycles. The van der Waals surface area contributed by atoms with Crippen molar-refractivity contribution in [3.8, 4) is 28.7 Å². The number of nitriles is 1. The Balaban J connectivity index is 1.63. The van der Waals surface area contributed by atoms with Crippen molar-refractivity contribution in [1.82, 2.24) is 0 Å². The van der Waals surface area contributed by atoms with Gasteiger partial charge in [0.2, 0.25) is 5.91 Å². The van der Waals surface area contributed by atoms with Crippen molar-refractivity contribution in [2.24, 2.45) is 0 Å². The van der Waals surface area contributed by atoms with Crippen LogP contribution in [0.15, 0.2) is 78.9 Å². The molecular formula is C24H20N2O3. The Bertz CT molecular complexity index is 1040.